The summed E-state index contributed by atoms with van der Waals surface area (Å²) in [5, 5.41) is -0.151. The highest BCUT2D eigenvalue weighted by Crippen LogP contribution is 2.25. The predicted octanol–water partition coefficient (Wildman–Crippen LogP) is 3.49. The van der Waals surface area contributed by atoms with Crippen LogP contribution in [0.25, 0.3) is 0 Å². The molecule has 1 aliphatic heterocycles. The van der Waals surface area contributed by atoms with Crippen molar-refractivity contribution in [3.8, 4) is 0 Å². The van der Waals surface area contributed by atoms with Crippen molar-refractivity contribution in [2.24, 2.45) is 0 Å². The summed E-state index contributed by atoms with van der Waals surface area (Å²) in [4.78, 5) is 14.1. The average Bonchev–Trinajstić information content (AvgIpc) is 3.12. The van der Waals surface area contributed by atoms with E-state index in [1.54, 1.807) is 35.2 Å². The van der Waals surface area contributed by atoms with E-state index in [1.807, 2.05) is 0 Å². The van der Waals surface area contributed by atoms with Crippen LogP contribution < -0.4 is 0 Å². The molecule has 3 rings (SSSR count). The summed E-state index contributed by atoms with van der Waals surface area (Å²) in [5.41, 5.74) is 0.491. The molecule has 1 amide bonds. The molecular weight excluding hydrogens is 377 g/mol. The lowest BCUT2D eigenvalue weighted by atomic mass is 10.1. The molecule has 0 spiro atoms. The molecule has 7 heteroatoms. The van der Waals surface area contributed by atoms with Crippen LogP contribution in [0.3, 0.4) is 0 Å². The van der Waals surface area contributed by atoms with E-state index < -0.39 is 15.1 Å². The minimum atomic E-state index is -3.51. The van der Waals surface area contributed by atoms with E-state index in [4.69, 9.17) is 11.6 Å². The standard InChI is InChI=1S/C19H19ClFNO3S/c20-15-6-8-16(9-7-15)26(24,25)17-11-12-22(13-17)19(23)10-5-14-3-1-2-4-18(14)21/h1-4,6-9,17H,5,10-13H2/t17-/m1/s1. The molecule has 1 fully saturated rings. The Morgan fingerprint density at radius 1 is 1.15 bits per heavy atom. The third-order valence-corrected chi connectivity index (χ3v) is 7.09. The fourth-order valence-electron chi connectivity index (χ4n) is 3.13. The summed E-state index contributed by atoms with van der Waals surface area (Å²) in [6, 6.07) is 12.4. The van der Waals surface area contributed by atoms with Gasteiger partial charge in [-0.05, 0) is 48.7 Å². The maximum Gasteiger partial charge on any atom is 0.222 e. The number of amides is 1. The number of likely N-dealkylation sites (tertiary alicyclic amines) is 1. The molecule has 1 aliphatic rings. The van der Waals surface area contributed by atoms with Crippen LogP contribution in [0.4, 0.5) is 4.39 Å². The number of carbonyl (C=O) groups is 1. The van der Waals surface area contributed by atoms with Crippen LogP contribution in [0.1, 0.15) is 18.4 Å². The van der Waals surface area contributed by atoms with Crippen LogP contribution in [0.2, 0.25) is 5.02 Å². The van der Waals surface area contributed by atoms with Crippen molar-refractivity contribution in [1.82, 2.24) is 4.90 Å². The van der Waals surface area contributed by atoms with Gasteiger partial charge in [0.25, 0.3) is 0 Å². The first-order valence-corrected chi connectivity index (χ1v) is 10.3. The van der Waals surface area contributed by atoms with Gasteiger partial charge in [0.05, 0.1) is 10.1 Å². The van der Waals surface area contributed by atoms with Gasteiger partial charge in [-0.3, -0.25) is 4.79 Å². The summed E-state index contributed by atoms with van der Waals surface area (Å²) < 4.78 is 39.1. The Morgan fingerprint density at radius 2 is 1.85 bits per heavy atom. The Morgan fingerprint density at radius 3 is 2.54 bits per heavy atom. The number of nitrogens with zero attached hydrogens (tertiary/aromatic N) is 1. The third-order valence-electron chi connectivity index (χ3n) is 4.64. The first-order chi connectivity index (χ1) is 12.4. The minimum Gasteiger partial charge on any atom is -0.341 e. The zero-order valence-corrected chi connectivity index (χ0v) is 15.6. The van der Waals surface area contributed by atoms with E-state index >= 15 is 0 Å². The molecular formula is C19H19ClFNO3S. The molecule has 0 radical (unpaired) electrons. The topological polar surface area (TPSA) is 54.5 Å². The number of aryl methyl sites for hydroxylation is 1. The van der Waals surface area contributed by atoms with Crippen LogP contribution >= 0.6 is 11.6 Å². The van der Waals surface area contributed by atoms with Crippen molar-refractivity contribution in [1.29, 1.82) is 0 Å². The normalized spacial score (nSPS) is 17.5. The van der Waals surface area contributed by atoms with Crippen molar-refractivity contribution >= 4 is 27.3 Å². The number of halogens is 2. The van der Waals surface area contributed by atoms with Crippen LogP contribution in [0, 0.1) is 5.82 Å². The van der Waals surface area contributed by atoms with Gasteiger partial charge in [0.15, 0.2) is 9.84 Å². The highest BCUT2D eigenvalue weighted by Gasteiger charge is 2.35. The van der Waals surface area contributed by atoms with Gasteiger partial charge in [-0.15, -0.1) is 0 Å². The molecule has 0 saturated carbocycles. The van der Waals surface area contributed by atoms with Gasteiger partial charge < -0.3 is 4.90 Å². The summed E-state index contributed by atoms with van der Waals surface area (Å²) in [6.45, 7) is 0.564. The lowest BCUT2D eigenvalue weighted by Crippen LogP contribution is -2.32. The van der Waals surface area contributed by atoms with Gasteiger partial charge in [-0.2, -0.15) is 0 Å². The molecule has 1 heterocycles. The highest BCUT2D eigenvalue weighted by molar-refractivity contribution is 7.92. The fourth-order valence-corrected chi connectivity index (χ4v) is 4.94. The maximum atomic E-state index is 13.6. The molecule has 2 aromatic rings. The Balaban J connectivity index is 1.62. The number of rotatable bonds is 5. The van der Waals surface area contributed by atoms with Gasteiger partial charge in [0.1, 0.15) is 5.82 Å². The molecule has 26 heavy (non-hydrogen) atoms. The van der Waals surface area contributed by atoms with Gasteiger partial charge in [-0.1, -0.05) is 29.8 Å². The van der Waals surface area contributed by atoms with Crippen LogP contribution in [-0.2, 0) is 21.1 Å². The first-order valence-electron chi connectivity index (χ1n) is 8.38. The summed E-state index contributed by atoms with van der Waals surface area (Å²) in [5.74, 6) is -0.480. The van der Waals surface area contributed by atoms with Gasteiger partial charge in [0.2, 0.25) is 5.91 Å². The van der Waals surface area contributed by atoms with Gasteiger partial charge >= 0.3 is 0 Å². The number of hydrogen-bond donors (Lipinski definition) is 0. The van der Waals surface area contributed by atoms with Crippen molar-refractivity contribution < 1.29 is 17.6 Å². The largest absolute Gasteiger partial charge is 0.341 e. The number of carbonyl (C=O) groups excluding carboxylic acids is 1. The number of benzene rings is 2. The Kier molecular flexibility index (Phi) is 5.63. The van der Waals surface area contributed by atoms with E-state index in [-0.39, 0.29) is 29.6 Å². The third kappa shape index (κ3) is 4.07. The van der Waals surface area contributed by atoms with Crippen LogP contribution in [0.15, 0.2) is 53.4 Å². The smallest absolute Gasteiger partial charge is 0.222 e. The van der Waals surface area contributed by atoms with Crippen LogP contribution in [0.5, 0.6) is 0 Å². The molecule has 2 aromatic carbocycles. The second kappa shape index (κ2) is 7.76. The van der Waals surface area contributed by atoms with Gasteiger partial charge in [-0.25, -0.2) is 12.8 Å². The lowest BCUT2D eigenvalue weighted by Gasteiger charge is -2.17. The quantitative estimate of drug-likeness (QED) is 0.778. The molecule has 0 aromatic heterocycles. The fraction of sp³-hybridized carbons (Fsp3) is 0.316. The molecule has 0 aliphatic carbocycles. The molecule has 138 valence electrons. The van der Waals surface area contributed by atoms with Crippen molar-refractivity contribution in [3.05, 3.63) is 64.9 Å². The SMILES string of the molecule is O=C(CCc1ccccc1F)N1CC[C@@H](S(=O)(=O)c2ccc(Cl)cc2)C1. The van der Waals surface area contributed by atoms with Crippen molar-refractivity contribution in [2.45, 2.75) is 29.4 Å². The second-order valence-corrected chi connectivity index (χ2v) is 9.01. The predicted molar refractivity (Wildman–Crippen MR) is 98.3 cm³/mol. The van der Waals surface area contributed by atoms with E-state index in [0.29, 0.717) is 30.0 Å². The zero-order valence-electron chi connectivity index (χ0n) is 14.1. The Labute approximate surface area is 157 Å². The average molecular weight is 396 g/mol. The monoisotopic (exact) mass is 395 g/mol. The zero-order chi connectivity index (χ0) is 18.7. The minimum absolute atomic E-state index is 0.151. The number of hydrogen-bond acceptors (Lipinski definition) is 3. The van der Waals surface area contributed by atoms with Gasteiger partial charge in [0, 0.05) is 24.5 Å². The van der Waals surface area contributed by atoms with Crippen LogP contribution in [-0.4, -0.2) is 37.6 Å². The first kappa shape index (κ1) is 18.9. The van der Waals surface area contributed by atoms with E-state index in [0.717, 1.165) is 0 Å². The van der Waals surface area contributed by atoms with E-state index in [9.17, 15) is 17.6 Å². The Hall–Kier alpha value is -1.92. The molecule has 4 nitrogen and oxygen atoms in total. The maximum absolute atomic E-state index is 13.6. The molecule has 0 unspecified atom stereocenters. The summed E-state index contributed by atoms with van der Waals surface area (Å²) >= 11 is 5.81. The second-order valence-electron chi connectivity index (χ2n) is 6.34. The summed E-state index contributed by atoms with van der Waals surface area (Å²) in [7, 11) is -3.51. The molecule has 1 atom stereocenters. The lowest BCUT2D eigenvalue weighted by molar-refractivity contribution is -0.130. The van der Waals surface area contributed by atoms with E-state index in [1.165, 1.54) is 18.2 Å². The number of sulfone groups is 1. The van der Waals surface area contributed by atoms with E-state index in [2.05, 4.69) is 0 Å². The Bertz CT molecular complexity index is 899. The highest BCUT2D eigenvalue weighted by atomic mass is 35.5. The molecule has 1 saturated heterocycles. The van der Waals surface area contributed by atoms with Crippen molar-refractivity contribution in [2.75, 3.05) is 13.1 Å². The van der Waals surface area contributed by atoms with Crippen molar-refractivity contribution in [3.63, 3.8) is 0 Å². The summed E-state index contributed by atoms with van der Waals surface area (Å²) in [6.07, 6.45) is 0.863. The molecule has 0 bridgehead atoms. The molecule has 0 N–H and O–H groups in total.